The Morgan fingerprint density at radius 1 is 1.54 bits per heavy atom. The van der Waals surface area contributed by atoms with E-state index >= 15 is 0 Å². The van der Waals surface area contributed by atoms with E-state index < -0.39 is 23.9 Å². The lowest BCUT2D eigenvalue weighted by atomic mass is 10.0. The van der Waals surface area contributed by atoms with Crippen molar-refractivity contribution in [1.29, 1.82) is 0 Å². The summed E-state index contributed by atoms with van der Waals surface area (Å²) in [5, 5.41) is 17.4. The van der Waals surface area contributed by atoms with E-state index in [1.165, 1.54) is 17.0 Å². The molecular formula is C7H6N2O4. The van der Waals surface area contributed by atoms with Crippen LogP contribution in [0.5, 0.6) is 0 Å². The van der Waals surface area contributed by atoms with Crippen molar-refractivity contribution in [1.82, 2.24) is 9.55 Å². The minimum Gasteiger partial charge on any atom is -0.481 e. The van der Waals surface area contributed by atoms with Gasteiger partial charge in [0.05, 0.1) is 6.42 Å². The second kappa shape index (κ2) is 2.09. The molecule has 0 saturated heterocycles. The van der Waals surface area contributed by atoms with Gasteiger partial charge in [0, 0.05) is 12.4 Å². The predicted molar refractivity (Wildman–Crippen MR) is 39.2 cm³/mol. The number of aliphatic carboxylic acids is 2. The van der Waals surface area contributed by atoms with Crippen LogP contribution in [0, 0.1) is 0 Å². The van der Waals surface area contributed by atoms with E-state index in [1.54, 1.807) is 0 Å². The van der Waals surface area contributed by atoms with Crippen molar-refractivity contribution >= 4 is 11.9 Å². The van der Waals surface area contributed by atoms with Gasteiger partial charge in [0.1, 0.15) is 5.82 Å². The molecular weight excluding hydrogens is 176 g/mol. The first-order valence-electron chi connectivity index (χ1n) is 3.58. The van der Waals surface area contributed by atoms with E-state index in [9.17, 15) is 9.59 Å². The molecule has 1 unspecified atom stereocenters. The number of rotatable bonds is 3. The highest BCUT2D eigenvalue weighted by molar-refractivity contribution is 5.90. The van der Waals surface area contributed by atoms with E-state index in [1.807, 2.05) is 0 Å². The van der Waals surface area contributed by atoms with E-state index in [-0.39, 0.29) is 0 Å². The van der Waals surface area contributed by atoms with Crippen LogP contribution < -0.4 is 0 Å². The van der Waals surface area contributed by atoms with Crippen LogP contribution in [0.4, 0.5) is 0 Å². The summed E-state index contributed by atoms with van der Waals surface area (Å²) < 4.78 is 1.35. The molecule has 1 aromatic rings. The van der Waals surface area contributed by atoms with Gasteiger partial charge in [0.2, 0.25) is 5.54 Å². The number of nitrogens with zero attached hydrogens (tertiary/aromatic N) is 2. The van der Waals surface area contributed by atoms with E-state index in [2.05, 4.69) is 4.98 Å². The molecule has 0 amide bonds. The second-order valence-electron chi connectivity index (χ2n) is 2.86. The number of carbonyl (C=O) groups is 2. The highest BCUT2D eigenvalue weighted by Gasteiger charge is 2.60. The maximum Gasteiger partial charge on any atom is 0.338 e. The van der Waals surface area contributed by atoms with Crippen molar-refractivity contribution in [2.75, 3.05) is 0 Å². The van der Waals surface area contributed by atoms with Gasteiger partial charge in [-0.05, 0) is 0 Å². The SMILES string of the molecule is O=C(O)CC1(C(=O)O)c2nccn21. The maximum absolute atomic E-state index is 10.8. The number of carboxylic acid groups (broad SMARTS) is 2. The average Bonchev–Trinajstić information content (AvgIpc) is 2.44. The molecule has 0 radical (unpaired) electrons. The third-order valence-electron chi connectivity index (χ3n) is 2.13. The van der Waals surface area contributed by atoms with Crippen LogP contribution in [0.25, 0.3) is 0 Å². The highest BCUT2D eigenvalue weighted by Crippen LogP contribution is 2.43. The Kier molecular flexibility index (Phi) is 1.25. The van der Waals surface area contributed by atoms with Crippen LogP contribution in [0.1, 0.15) is 12.2 Å². The first kappa shape index (κ1) is 7.78. The summed E-state index contributed by atoms with van der Waals surface area (Å²) in [6, 6.07) is 0. The molecule has 1 aromatic heterocycles. The zero-order valence-corrected chi connectivity index (χ0v) is 6.47. The topological polar surface area (TPSA) is 92.4 Å². The molecule has 1 aliphatic rings. The number of imidazole rings is 1. The molecule has 0 spiro atoms. The lowest BCUT2D eigenvalue weighted by Crippen LogP contribution is -2.28. The zero-order valence-electron chi connectivity index (χ0n) is 6.47. The Hall–Kier alpha value is -1.85. The molecule has 2 heterocycles. The fraction of sp³-hybridized carbons (Fsp3) is 0.286. The van der Waals surface area contributed by atoms with Gasteiger partial charge in [-0.3, -0.25) is 4.79 Å². The zero-order chi connectivity index (χ0) is 9.64. The standard InChI is InChI=1S/C7H6N2O4/c10-4(11)3-7(6(12)13)5-8-1-2-9(5)7/h1-2H,3H2,(H,10,11)(H,12,13). The van der Waals surface area contributed by atoms with Crippen LogP contribution in [-0.4, -0.2) is 31.7 Å². The maximum atomic E-state index is 10.8. The number of hydrogen-bond donors (Lipinski definition) is 2. The molecule has 6 heteroatoms. The summed E-state index contributed by atoms with van der Waals surface area (Å²) in [6.07, 6.45) is 2.45. The summed E-state index contributed by atoms with van der Waals surface area (Å²) in [5.41, 5.74) is -1.40. The molecule has 2 N–H and O–H groups in total. The molecule has 13 heavy (non-hydrogen) atoms. The Balaban J connectivity index is 2.33. The summed E-state index contributed by atoms with van der Waals surface area (Å²) in [4.78, 5) is 25.0. The minimum absolute atomic E-state index is 0.308. The van der Waals surface area contributed by atoms with E-state index in [0.717, 1.165) is 0 Å². The lowest BCUT2D eigenvalue weighted by Gasteiger charge is -2.05. The summed E-state index contributed by atoms with van der Waals surface area (Å²) in [5.74, 6) is -2.01. The van der Waals surface area contributed by atoms with Crippen molar-refractivity contribution in [3.63, 3.8) is 0 Å². The molecule has 2 rings (SSSR count). The van der Waals surface area contributed by atoms with Crippen molar-refractivity contribution in [2.24, 2.45) is 0 Å². The second-order valence-corrected chi connectivity index (χ2v) is 2.86. The highest BCUT2D eigenvalue weighted by atomic mass is 16.4. The number of carboxylic acids is 2. The normalized spacial score (nSPS) is 23.7. The average molecular weight is 182 g/mol. The van der Waals surface area contributed by atoms with E-state index in [0.29, 0.717) is 5.82 Å². The number of hydrogen-bond acceptors (Lipinski definition) is 3. The van der Waals surface area contributed by atoms with Gasteiger partial charge in [0.15, 0.2) is 0 Å². The molecule has 68 valence electrons. The number of fused-ring (bicyclic) bond motifs is 1. The monoisotopic (exact) mass is 182 g/mol. The molecule has 1 aliphatic heterocycles. The van der Waals surface area contributed by atoms with Gasteiger partial charge in [-0.15, -0.1) is 0 Å². The van der Waals surface area contributed by atoms with Crippen molar-refractivity contribution in [3.05, 3.63) is 18.2 Å². The smallest absolute Gasteiger partial charge is 0.338 e. The molecule has 0 aromatic carbocycles. The molecule has 0 aliphatic carbocycles. The van der Waals surface area contributed by atoms with Gasteiger partial charge < -0.3 is 14.8 Å². The quantitative estimate of drug-likeness (QED) is 0.657. The van der Waals surface area contributed by atoms with Gasteiger partial charge in [0.25, 0.3) is 0 Å². The summed E-state index contributed by atoms with van der Waals surface area (Å²) >= 11 is 0. The minimum atomic E-state index is -1.40. The van der Waals surface area contributed by atoms with Crippen LogP contribution in [0.15, 0.2) is 12.4 Å². The van der Waals surface area contributed by atoms with Crippen LogP contribution >= 0.6 is 0 Å². The first-order chi connectivity index (χ1) is 6.09. The van der Waals surface area contributed by atoms with Gasteiger partial charge >= 0.3 is 11.9 Å². The van der Waals surface area contributed by atoms with Gasteiger partial charge in [-0.2, -0.15) is 0 Å². The predicted octanol–water partition coefficient (Wildman–Crippen LogP) is -0.501. The van der Waals surface area contributed by atoms with Crippen molar-refractivity contribution in [3.8, 4) is 0 Å². The lowest BCUT2D eigenvalue weighted by molar-refractivity contribution is -0.148. The Labute approximate surface area is 72.4 Å². The molecule has 0 saturated carbocycles. The molecule has 1 atom stereocenters. The fourth-order valence-electron chi connectivity index (χ4n) is 1.48. The third kappa shape index (κ3) is 0.793. The molecule has 0 fully saturated rings. The Morgan fingerprint density at radius 2 is 2.23 bits per heavy atom. The third-order valence-corrected chi connectivity index (χ3v) is 2.13. The van der Waals surface area contributed by atoms with Crippen LogP contribution in [0.3, 0.4) is 0 Å². The summed E-state index contributed by atoms with van der Waals surface area (Å²) in [6.45, 7) is 0. The van der Waals surface area contributed by atoms with Crippen molar-refractivity contribution in [2.45, 2.75) is 12.0 Å². The molecule has 6 nitrogen and oxygen atoms in total. The summed E-state index contributed by atoms with van der Waals surface area (Å²) in [7, 11) is 0. The fourth-order valence-corrected chi connectivity index (χ4v) is 1.48. The molecule has 0 bridgehead atoms. The van der Waals surface area contributed by atoms with Crippen LogP contribution in [0.2, 0.25) is 0 Å². The van der Waals surface area contributed by atoms with Crippen LogP contribution in [-0.2, 0) is 15.1 Å². The Bertz CT molecular complexity index is 376. The Morgan fingerprint density at radius 3 is 2.62 bits per heavy atom. The van der Waals surface area contributed by atoms with Gasteiger partial charge in [-0.1, -0.05) is 0 Å². The first-order valence-corrected chi connectivity index (χ1v) is 3.58. The van der Waals surface area contributed by atoms with E-state index in [4.69, 9.17) is 10.2 Å². The largest absolute Gasteiger partial charge is 0.481 e. The van der Waals surface area contributed by atoms with Gasteiger partial charge in [-0.25, -0.2) is 9.78 Å². The van der Waals surface area contributed by atoms with Crippen molar-refractivity contribution < 1.29 is 19.8 Å². The number of aromatic nitrogens is 2.